The second-order valence-electron chi connectivity index (χ2n) is 3.84. The molecule has 0 aliphatic rings. The highest BCUT2D eigenvalue weighted by molar-refractivity contribution is 9.10. The molecule has 0 aliphatic heterocycles. The number of nitrogens with one attached hydrogen (secondary N) is 1. The maximum Gasteiger partial charge on any atom is 0.176 e. The van der Waals surface area contributed by atoms with Gasteiger partial charge in [-0.2, -0.15) is 0 Å². The Balaban J connectivity index is 2.13. The van der Waals surface area contributed by atoms with E-state index in [-0.39, 0.29) is 0 Å². The van der Waals surface area contributed by atoms with Gasteiger partial charge in [-0.3, -0.25) is 0 Å². The maximum atomic E-state index is 5.41. The molecule has 0 aromatic carbocycles. The molecule has 0 spiro atoms. The third kappa shape index (κ3) is 2.97. The molecule has 0 fully saturated rings. The molecule has 2 rings (SSSR count). The van der Waals surface area contributed by atoms with E-state index in [2.05, 4.69) is 40.1 Å². The minimum absolute atomic E-state index is 0.343. The van der Waals surface area contributed by atoms with Crippen LogP contribution in [0.1, 0.15) is 31.2 Å². The molecule has 17 heavy (non-hydrogen) atoms. The topological polar surface area (TPSA) is 38.1 Å². The lowest BCUT2D eigenvalue weighted by Gasteiger charge is -2.09. The Morgan fingerprint density at radius 1 is 1.59 bits per heavy atom. The first-order chi connectivity index (χ1) is 8.22. The Bertz CT molecular complexity index is 480. The molecule has 0 saturated carbocycles. The summed E-state index contributed by atoms with van der Waals surface area (Å²) in [6.45, 7) is 5.35. The summed E-state index contributed by atoms with van der Waals surface area (Å²) in [5, 5.41) is 4.37. The van der Waals surface area contributed by atoms with Gasteiger partial charge in [-0.15, -0.1) is 11.3 Å². The standard InChI is InChI=1S/C12H15BrN2OS/c1-3-5-14-8(2)10-7-15-12(17-10)11-9(13)4-6-16-11/h4,6-8,14H,3,5H2,1-2H3. The van der Waals surface area contributed by atoms with Crippen LogP contribution in [-0.2, 0) is 0 Å². The minimum Gasteiger partial charge on any atom is -0.461 e. The molecule has 0 radical (unpaired) electrons. The van der Waals surface area contributed by atoms with E-state index in [0.717, 1.165) is 28.2 Å². The van der Waals surface area contributed by atoms with Gasteiger partial charge in [-0.1, -0.05) is 6.92 Å². The van der Waals surface area contributed by atoms with Crippen molar-refractivity contribution in [2.75, 3.05) is 6.54 Å². The smallest absolute Gasteiger partial charge is 0.176 e. The van der Waals surface area contributed by atoms with Gasteiger partial charge in [0.1, 0.15) is 0 Å². The van der Waals surface area contributed by atoms with Gasteiger partial charge in [-0.25, -0.2) is 4.98 Å². The van der Waals surface area contributed by atoms with Crippen LogP contribution in [0.2, 0.25) is 0 Å². The number of hydrogen-bond donors (Lipinski definition) is 1. The van der Waals surface area contributed by atoms with Gasteiger partial charge in [0.05, 0.1) is 10.7 Å². The Morgan fingerprint density at radius 2 is 2.41 bits per heavy atom. The SMILES string of the molecule is CCCNC(C)c1cnc(-c2occc2Br)s1. The van der Waals surface area contributed by atoms with E-state index in [0.29, 0.717) is 6.04 Å². The second kappa shape index (κ2) is 5.80. The van der Waals surface area contributed by atoms with Crippen molar-refractivity contribution < 1.29 is 4.42 Å². The summed E-state index contributed by atoms with van der Waals surface area (Å²) in [5.41, 5.74) is 0. The molecule has 92 valence electrons. The van der Waals surface area contributed by atoms with Crippen molar-refractivity contribution in [3.05, 3.63) is 27.9 Å². The number of thiazole rings is 1. The van der Waals surface area contributed by atoms with Gasteiger partial charge in [0, 0.05) is 17.1 Å². The third-order valence-corrected chi connectivity index (χ3v) is 4.27. The normalized spacial score (nSPS) is 12.9. The van der Waals surface area contributed by atoms with Crippen LogP contribution in [0.25, 0.3) is 10.8 Å². The lowest BCUT2D eigenvalue weighted by Crippen LogP contribution is -2.18. The predicted octanol–water partition coefficient (Wildman–Crippen LogP) is 4.23. The first-order valence-corrected chi connectivity index (χ1v) is 7.25. The van der Waals surface area contributed by atoms with Crippen molar-refractivity contribution >= 4 is 27.3 Å². The quantitative estimate of drug-likeness (QED) is 0.897. The molecule has 2 aromatic rings. The average molecular weight is 315 g/mol. The molecule has 0 bridgehead atoms. The zero-order valence-electron chi connectivity index (χ0n) is 9.87. The van der Waals surface area contributed by atoms with Crippen molar-refractivity contribution in [1.82, 2.24) is 10.3 Å². The molecular formula is C12H15BrN2OS. The van der Waals surface area contributed by atoms with E-state index in [4.69, 9.17) is 4.42 Å². The van der Waals surface area contributed by atoms with Crippen LogP contribution in [-0.4, -0.2) is 11.5 Å². The van der Waals surface area contributed by atoms with E-state index >= 15 is 0 Å². The van der Waals surface area contributed by atoms with E-state index in [9.17, 15) is 0 Å². The van der Waals surface area contributed by atoms with E-state index < -0.39 is 0 Å². The van der Waals surface area contributed by atoms with Crippen LogP contribution in [0.5, 0.6) is 0 Å². The number of furan rings is 1. The van der Waals surface area contributed by atoms with E-state index in [1.807, 2.05) is 12.3 Å². The number of rotatable bonds is 5. The largest absolute Gasteiger partial charge is 0.461 e. The fraction of sp³-hybridized carbons (Fsp3) is 0.417. The second-order valence-corrected chi connectivity index (χ2v) is 5.76. The minimum atomic E-state index is 0.343. The fourth-order valence-electron chi connectivity index (χ4n) is 1.50. The fourth-order valence-corrected chi connectivity index (χ4v) is 2.96. The Labute approximate surface area is 113 Å². The van der Waals surface area contributed by atoms with Crippen LogP contribution >= 0.6 is 27.3 Å². The summed E-state index contributed by atoms with van der Waals surface area (Å²) < 4.78 is 6.36. The summed E-state index contributed by atoms with van der Waals surface area (Å²) in [6, 6.07) is 2.23. The number of aromatic nitrogens is 1. The molecule has 0 amide bonds. The highest BCUT2D eigenvalue weighted by Gasteiger charge is 2.14. The van der Waals surface area contributed by atoms with Gasteiger partial charge in [0.25, 0.3) is 0 Å². The first kappa shape index (κ1) is 12.8. The van der Waals surface area contributed by atoms with Crippen LogP contribution in [0.3, 0.4) is 0 Å². The van der Waals surface area contributed by atoms with Gasteiger partial charge >= 0.3 is 0 Å². The van der Waals surface area contributed by atoms with E-state index in [1.54, 1.807) is 17.6 Å². The maximum absolute atomic E-state index is 5.41. The van der Waals surface area contributed by atoms with Crippen LogP contribution in [0, 0.1) is 0 Å². The summed E-state index contributed by atoms with van der Waals surface area (Å²) in [4.78, 5) is 5.64. The van der Waals surface area contributed by atoms with Gasteiger partial charge in [0.2, 0.25) is 0 Å². The number of nitrogens with zero attached hydrogens (tertiary/aromatic N) is 1. The van der Waals surface area contributed by atoms with Crippen molar-refractivity contribution in [1.29, 1.82) is 0 Å². The van der Waals surface area contributed by atoms with E-state index in [1.165, 1.54) is 4.88 Å². The van der Waals surface area contributed by atoms with Gasteiger partial charge in [-0.05, 0) is 41.9 Å². The average Bonchev–Trinajstić information content (AvgIpc) is 2.93. The Kier molecular flexibility index (Phi) is 4.36. The summed E-state index contributed by atoms with van der Waals surface area (Å²) in [7, 11) is 0. The van der Waals surface area contributed by atoms with Crippen molar-refractivity contribution in [2.24, 2.45) is 0 Å². The molecule has 1 N–H and O–H groups in total. The Hall–Kier alpha value is -0.650. The van der Waals surface area contributed by atoms with Crippen LogP contribution in [0.4, 0.5) is 0 Å². The highest BCUT2D eigenvalue weighted by atomic mass is 79.9. The molecule has 0 aliphatic carbocycles. The van der Waals surface area contributed by atoms with Crippen LogP contribution in [0.15, 0.2) is 27.4 Å². The summed E-state index contributed by atoms with van der Waals surface area (Å²) in [6.07, 6.45) is 4.72. The molecular weight excluding hydrogens is 300 g/mol. The Morgan fingerprint density at radius 3 is 3.06 bits per heavy atom. The third-order valence-electron chi connectivity index (χ3n) is 2.46. The highest BCUT2D eigenvalue weighted by Crippen LogP contribution is 2.33. The summed E-state index contributed by atoms with van der Waals surface area (Å²) >= 11 is 5.11. The first-order valence-electron chi connectivity index (χ1n) is 5.64. The molecule has 2 heterocycles. The zero-order chi connectivity index (χ0) is 12.3. The van der Waals surface area contributed by atoms with Gasteiger partial charge in [0.15, 0.2) is 10.8 Å². The molecule has 1 atom stereocenters. The van der Waals surface area contributed by atoms with Crippen molar-refractivity contribution in [3.8, 4) is 10.8 Å². The molecule has 3 nitrogen and oxygen atoms in total. The number of hydrogen-bond acceptors (Lipinski definition) is 4. The number of halogens is 1. The van der Waals surface area contributed by atoms with Crippen molar-refractivity contribution in [3.63, 3.8) is 0 Å². The zero-order valence-corrected chi connectivity index (χ0v) is 12.3. The molecule has 0 saturated heterocycles. The predicted molar refractivity (Wildman–Crippen MR) is 74.2 cm³/mol. The van der Waals surface area contributed by atoms with Crippen molar-refractivity contribution in [2.45, 2.75) is 26.3 Å². The molecule has 2 aromatic heterocycles. The molecule has 1 unspecified atom stereocenters. The lowest BCUT2D eigenvalue weighted by atomic mass is 10.3. The van der Waals surface area contributed by atoms with Crippen LogP contribution < -0.4 is 5.32 Å². The molecule has 5 heteroatoms. The van der Waals surface area contributed by atoms with Gasteiger partial charge < -0.3 is 9.73 Å². The summed E-state index contributed by atoms with van der Waals surface area (Å²) in [5.74, 6) is 0.809. The monoisotopic (exact) mass is 314 g/mol. The lowest BCUT2D eigenvalue weighted by molar-refractivity contribution is 0.577.